The first kappa shape index (κ1) is 43.3. The van der Waals surface area contributed by atoms with Gasteiger partial charge in [-0.2, -0.15) is 0 Å². The lowest BCUT2D eigenvalue weighted by Crippen LogP contribution is -2.46. The normalized spacial score (nSPS) is 13.3. The first-order valence-electron chi connectivity index (χ1n) is 19.5. The molecule has 5 nitrogen and oxygen atoms in total. The molecule has 0 aliphatic heterocycles. The number of esters is 1. The molecule has 1 aromatic carbocycles. The van der Waals surface area contributed by atoms with Crippen molar-refractivity contribution in [1.82, 2.24) is 0 Å². The van der Waals surface area contributed by atoms with E-state index in [0.717, 1.165) is 43.0 Å². The molecule has 0 unspecified atom stereocenters. The van der Waals surface area contributed by atoms with Gasteiger partial charge in [0.25, 0.3) is 0 Å². The second-order valence-electron chi connectivity index (χ2n) is 13.9. The van der Waals surface area contributed by atoms with Crippen molar-refractivity contribution in [1.29, 1.82) is 0 Å². The van der Waals surface area contributed by atoms with E-state index in [1.165, 1.54) is 116 Å². The monoisotopic (exact) mass is 720 g/mol. The van der Waals surface area contributed by atoms with Crippen molar-refractivity contribution >= 4 is 34.2 Å². The summed E-state index contributed by atoms with van der Waals surface area (Å²) in [4.78, 5) is 37.7. The highest BCUT2D eigenvalue weighted by Gasteiger charge is 2.47. The molecule has 0 aliphatic carbocycles. The predicted molar refractivity (Wildman–Crippen MR) is 200 cm³/mol. The maximum Gasteiger partial charge on any atom is 0.314 e. The van der Waals surface area contributed by atoms with Crippen molar-refractivity contribution in [2.24, 2.45) is 5.92 Å². The fraction of sp³-hybridized carbons (Fsp3) is 0.780. The van der Waals surface area contributed by atoms with E-state index < -0.39 is 17.3 Å². The summed E-state index contributed by atoms with van der Waals surface area (Å²) in [5, 5.41) is 10.6. The zero-order valence-electron chi connectivity index (χ0n) is 30.2. The third-order valence-corrected chi connectivity index (χ3v) is 10.5. The van der Waals surface area contributed by atoms with E-state index in [1.807, 2.05) is 12.1 Å². The van der Waals surface area contributed by atoms with Gasteiger partial charge in [0.1, 0.15) is 11.7 Å². The van der Waals surface area contributed by atoms with Gasteiger partial charge < -0.3 is 14.6 Å². The molecule has 0 fully saturated rings. The van der Waals surface area contributed by atoms with Crippen LogP contribution in [0.15, 0.2) is 28.7 Å². The van der Waals surface area contributed by atoms with Gasteiger partial charge in [0.15, 0.2) is 0 Å². The molecule has 2 atom stereocenters. The Bertz CT molecular complexity index is 917. The summed E-state index contributed by atoms with van der Waals surface area (Å²) in [6, 6.07) is 7.20. The number of carboxylic acid groups (broad SMARTS) is 1. The zero-order valence-corrected chi connectivity index (χ0v) is 31.8. The minimum Gasteiger partial charge on any atom is -0.481 e. The van der Waals surface area contributed by atoms with E-state index in [9.17, 15) is 19.5 Å². The molecule has 0 spiro atoms. The lowest BCUT2D eigenvalue weighted by Gasteiger charge is -2.36. The number of carbonyl (C=O) groups excluding carboxylic acids is 2. The van der Waals surface area contributed by atoms with Gasteiger partial charge in [-0.3, -0.25) is 9.59 Å². The Labute approximate surface area is 296 Å². The van der Waals surface area contributed by atoms with Crippen LogP contribution in [0.25, 0.3) is 0 Å². The molecule has 47 heavy (non-hydrogen) atoms. The lowest BCUT2D eigenvalue weighted by molar-refractivity contribution is -0.154. The summed E-state index contributed by atoms with van der Waals surface area (Å²) in [5.41, 5.74) is -0.850. The number of halogens is 1. The molecule has 0 saturated carbocycles. The highest BCUT2D eigenvalue weighted by molar-refractivity contribution is 9.10. The summed E-state index contributed by atoms with van der Waals surface area (Å²) in [6.45, 7) is 4.52. The van der Waals surface area contributed by atoms with E-state index in [0.29, 0.717) is 24.7 Å². The van der Waals surface area contributed by atoms with Crippen molar-refractivity contribution < 1.29 is 24.2 Å². The molecule has 1 N–H and O–H groups in total. The minimum atomic E-state index is -1.43. The Balaban J connectivity index is 2.58. The van der Waals surface area contributed by atoms with E-state index >= 15 is 0 Å². The Hall–Kier alpha value is -1.69. The van der Waals surface area contributed by atoms with E-state index in [-0.39, 0.29) is 19.0 Å². The number of carbonyl (C=O) groups is 3. The second-order valence-corrected chi connectivity index (χ2v) is 14.8. The summed E-state index contributed by atoms with van der Waals surface area (Å²) in [7, 11) is 0. The molecule has 0 radical (unpaired) electrons. The van der Waals surface area contributed by atoms with E-state index in [2.05, 4.69) is 29.8 Å². The Kier molecular flexibility index (Phi) is 27.0. The van der Waals surface area contributed by atoms with E-state index in [4.69, 9.17) is 4.74 Å². The van der Waals surface area contributed by atoms with Crippen LogP contribution in [-0.2, 0) is 24.5 Å². The molecule has 0 heterocycles. The maximum absolute atomic E-state index is 13.0. The zero-order chi connectivity index (χ0) is 34.4. The number of aldehydes is 1. The predicted octanol–water partition coefficient (Wildman–Crippen LogP) is 12.7. The number of benzene rings is 1. The second kappa shape index (κ2) is 29.2. The third-order valence-electron chi connectivity index (χ3n) is 9.93. The molecular formula is C41H69BrO5. The molecule has 0 saturated heterocycles. The van der Waals surface area contributed by atoms with Crippen LogP contribution in [0.4, 0.5) is 0 Å². The maximum atomic E-state index is 13.0. The van der Waals surface area contributed by atoms with Crippen molar-refractivity contribution in [3.8, 4) is 0 Å². The molecule has 6 heteroatoms. The molecule has 0 amide bonds. The van der Waals surface area contributed by atoms with Gasteiger partial charge in [-0.25, -0.2) is 0 Å². The van der Waals surface area contributed by atoms with Crippen LogP contribution in [0.5, 0.6) is 0 Å². The third kappa shape index (κ3) is 19.8. The van der Waals surface area contributed by atoms with Gasteiger partial charge in [-0.05, 0) is 30.5 Å². The van der Waals surface area contributed by atoms with Crippen LogP contribution in [0.3, 0.4) is 0 Å². The van der Waals surface area contributed by atoms with Crippen LogP contribution < -0.4 is 0 Å². The fourth-order valence-electron chi connectivity index (χ4n) is 6.86. The topological polar surface area (TPSA) is 80.7 Å². The van der Waals surface area contributed by atoms with Crippen molar-refractivity contribution in [2.45, 2.75) is 193 Å². The minimum absolute atomic E-state index is 0.0191. The lowest BCUT2D eigenvalue weighted by atomic mass is 9.66. The average molecular weight is 722 g/mol. The molecular weight excluding hydrogens is 652 g/mol. The number of hydrogen-bond acceptors (Lipinski definition) is 4. The quantitative estimate of drug-likeness (QED) is 0.0444. The summed E-state index contributed by atoms with van der Waals surface area (Å²) in [5.74, 6) is -1.79. The number of hydrogen-bond donors (Lipinski definition) is 1. The largest absolute Gasteiger partial charge is 0.481 e. The SMILES string of the molecule is CCCCCCCCCCCCCCCC(=O)OC[C@H](CCCCCCCCCCCCC)[C@@](CC=O)(C(=O)O)c1ccc(Br)cc1. The van der Waals surface area contributed by atoms with Gasteiger partial charge in [-0.15, -0.1) is 0 Å². The van der Waals surface area contributed by atoms with Crippen molar-refractivity contribution in [3.63, 3.8) is 0 Å². The Morgan fingerprint density at radius 1 is 0.681 bits per heavy atom. The average Bonchev–Trinajstić information content (AvgIpc) is 3.06. The van der Waals surface area contributed by atoms with E-state index in [1.54, 1.807) is 12.1 Å². The molecule has 1 aromatic rings. The smallest absolute Gasteiger partial charge is 0.314 e. The van der Waals surface area contributed by atoms with Crippen LogP contribution in [-0.4, -0.2) is 29.9 Å². The summed E-state index contributed by atoms with van der Waals surface area (Å²) >= 11 is 3.44. The number of rotatable bonds is 33. The van der Waals surface area contributed by atoms with Gasteiger partial charge in [0, 0.05) is 23.2 Å². The Morgan fingerprint density at radius 2 is 1.09 bits per heavy atom. The molecule has 0 bridgehead atoms. The fourth-order valence-corrected chi connectivity index (χ4v) is 7.13. The van der Waals surface area contributed by atoms with Gasteiger partial charge >= 0.3 is 11.9 Å². The molecule has 1 rings (SSSR count). The van der Waals surface area contributed by atoms with Crippen LogP contribution >= 0.6 is 15.9 Å². The Morgan fingerprint density at radius 3 is 1.49 bits per heavy atom. The van der Waals surface area contributed by atoms with Gasteiger partial charge in [0.05, 0.1) is 6.61 Å². The highest BCUT2D eigenvalue weighted by Crippen LogP contribution is 2.40. The van der Waals surface area contributed by atoms with Crippen molar-refractivity contribution in [3.05, 3.63) is 34.3 Å². The summed E-state index contributed by atoms with van der Waals surface area (Å²) in [6.07, 6.45) is 31.0. The first-order chi connectivity index (χ1) is 22.9. The standard InChI is InChI=1S/C41H69BrO5/c1-3-5-7-9-11-13-15-16-18-20-22-24-26-28-39(44)47-35-37(27-25-23-21-19-17-14-12-10-8-6-4-2)41(33-34-43,40(45)46)36-29-31-38(42)32-30-36/h29-32,34,37H,3-28,33,35H2,1-2H3,(H,45,46)/t37-,41-/m0/s1. The highest BCUT2D eigenvalue weighted by atomic mass is 79.9. The molecule has 0 aromatic heterocycles. The molecule has 270 valence electrons. The summed E-state index contributed by atoms with van der Waals surface area (Å²) < 4.78 is 6.63. The van der Waals surface area contributed by atoms with Crippen LogP contribution in [0, 0.1) is 5.92 Å². The van der Waals surface area contributed by atoms with Crippen molar-refractivity contribution in [2.75, 3.05) is 6.61 Å². The number of unbranched alkanes of at least 4 members (excludes halogenated alkanes) is 22. The molecule has 0 aliphatic rings. The van der Waals surface area contributed by atoms with Gasteiger partial charge in [0.2, 0.25) is 0 Å². The first-order valence-corrected chi connectivity index (χ1v) is 20.3. The number of carboxylic acids is 1. The van der Waals surface area contributed by atoms with Crippen LogP contribution in [0.1, 0.15) is 193 Å². The number of aliphatic carboxylic acids is 1. The van der Waals surface area contributed by atoms with Crippen LogP contribution in [0.2, 0.25) is 0 Å². The number of ether oxygens (including phenoxy) is 1. The van der Waals surface area contributed by atoms with Gasteiger partial charge in [-0.1, -0.05) is 190 Å².